The van der Waals surface area contributed by atoms with E-state index >= 15 is 0 Å². The van der Waals surface area contributed by atoms with Gasteiger partial charge in [-0.2, -0.15) is 0 Å². The second kappa shape index (κ2) is 10.2. The van der Waals surface area contributed by atoms with Gasteiger partial charge in [0.2, 0.25) is 5.91 Å². The van der Waals surface area contributed by atoms with E-state index in [2.05, 4.69) is 10.2 Å². The molecule has 0 aromatic heterocycles. The number of piperidine rings is 1. The lowest BCUT2D eigenvalue weighted by molar-refractivity contribution is -0.118. The third kappa shape index (κ3) is 7.10. The van der Waals surface area contributed by atoms with Crippen molar-refractivity contribution in [1.82, 2.24) is 10.2 Å². The first-order valence-corrected chi connectivity index (χ1v) is 9.69. The van der Waals surface area contributed by atoms with Gasteiger partial charge in [-0.3, -0.25) is 4.79 Å². The first kappa shape index (κ1) is 18.6. The standard InChI is InChI=1S/C17H24ClFN2OS/c18-15-6-5-14(16(19)11-15)12-23-13-17(22)20-7-4-10-21-8-2-1-3-9-21/h5-6,11H,1-4,7-10,12-13H2,(H,20,22). The maximum Gasteiger partial charge on any atom is 0.230 e. The van der Waals surface area contributed by atoms with Crippen LogP contribution in [0.5, 0.6) is 0 Å². The van der Waals surface area contributed by atoms with Gasteiger partial charge in [-0.05, 0) is 56.6 Å². The number of carbonyl (C=O) groups excluding carboxylic acids is 1. The van der Waals surface area contributed by atoms with E-state index in [9.17, 15) is 9.18 Å². The van der Waals surface area contributed by atoms with Crippen LogP contribution in [0.2, 0.25) is 5.02 Å². The van der Waals surface area contributed by atoms with Crippen LogP contribution in [0, 0.1) is 5.82 Å². The molecule has 3 nitrogen and oxygen atoms in total. The van der Waals surface area contributed by atoms with Crippen LogP contribution in [0.3, 0.4) is 0 Å². The van der Waals surface area contributed by atoms with Crippen molar-refractivity contribution in [2.24, 2.45) is 0 Å². The van der Waals surface area contributed by atoms with Gasteiger partial charge in [-0.15, -0.1) is 11.8 Å². The van der Waals surface area contributed by atoms with Gasteiger partial charge >= 0.3 is 0 Å². The minimum Gasteiger partial charge on any atom is -0.355 e. The van der Waals surface area contributed by atoms with Crippen molar-refractivity contribution in [1.29, 1.82) is 0 Å². The lowest BCUT2D eigenvalue weighted by atomic mass is 10.1. The Balaban J connectivity index is 1.54. The zero-order valence-electron chi connectivity index (χ0n) is 13.3. The monoisotopic (exact) mass is 358 g/mol. The van der Waals surface area contributed by atoms with Gasteiger partial charge < -0.3 is 10.2 Å². The number of carbonyl (C=O) groups is 1. The zero-order chi connectivity index (χ0) is 16.5. The summed E-state index contributed by atoms with van der Waals surface area (Å²) in [6.07, 6.45) is 4.93. The van der Waals surface area contributed by atoms with Gasteiger partial charge in [0.15, 0.2) is 0 Å². The van der Waals surface area contributed by atoms with Gasteiger partial charge in [-0.25, -0.2) is 4.39 Å². The predicted octanol–water partition coefficient (Wildman–Crippen LogP) is 3.70. The first-order valence-electron chi connectivity index (χ1n) is 8.16. The minimum absolute atomic E-state index is 0.0167. The predicted molar refractivity (Wildman–Crippen MR) is 95.5 cm³/mol. The molecule has 1 N–H and O–H groups in total. The Morgan fingerprint density at radius 3 is 2.83 bits per heavy atom. The van der Waals surface area contributed by atoms with Crippen LogP contribution >= 0.6 is 23.4 Å². The average Bonchev–Trinajstić information content (AvgIpc) is 2.55. The lowest BCUT2D eigenvalue weighted by Gasteiger charge is -2.26. The summed E-state index contributed by atoms with van der Waals surface area (Å²) in [6, 6.07) is 4.64. The number of hydrogen-bond donors (Lipinski definition) is 1. The molecule has 1 fully saturated rings. The van der Waals surface area contributed by atoms with Gasteiger partial charge in [0.1, 0.15) is 5.82 Å². The third-order valence-corrected chi connectivity index (χ3v) is 5.14. The number of nitrogens with one attached hydrogen (secondary N) is 1. The van der Waals surface area contributed by atoms with Gasteiger partial charge in [0.25, 0.3) is 0 Å². The topological polar surface area (TPSA) is 32.3 Å². The van der Waals surface area contributed by atoms with Crippen molar-refractivity contribution in [3.8, 4) is 0 Å². The summed E-state index contributed by atoms with van der Waals surface area (Å²) in [5.41, 5.74) is 0.581. The van der Waals surface area contributed by atoms with E-state index in [1.165, 1.54) is 50.2 Å². The number of thioether (sulfide) groups is 1. The highest BCUT2D eigenvalue weighted by Crippen LogP contribution is 2.19. The van der Waals surface area contributed by atoms with E-state index in [0.717, 1.165) is 13.0 Å². The second-order valence-corrected chi connectivity index (χ2v) is 7.26. The molecule has 0 unspecified atom stereocenters. The SMILES string of the molecule is O=C(CSCc1ccc(Cl)cc1F)NCCCN1CCCCC1. The van der Waals surface area contributed by atoms with Crippen LogP contribution in [0.4, 0.5) is 4.39 Å². The smallest absolute Gasteiger partial charge is 0.230 e. The van der Waals surface area contributed by atoms with E-state index in [0.29, 0.717) is 28.6 Å². The fraction of sp³-hybridized carbons (Fsp3) is 0.588. The Labute approximate surface area is 147 Å². The van der Waals surface area contributed by atoms with Crippen LogP contribution in [0.25, 0.3) is 0 Å². The molecule has 128 valence electrons. The maximum atomic E-state index is 13.6. The summed E-state index contributed by atoms with van der Waals surface area (Å²) in [5, 5.41) is 3.32. The highest BCUT2D eigenvalue weighted by Gasteiger charge is 2.09. The molecule has 1 saturated heterocycles. The molecular weight excluding hydrogens is 335 g/mol. The minimum atomic E-state index is -0.313. The summed E-state index contributed by atoms with van der Waals surface area (Å²) in [6.45, 7) is 4.15. The van der Waals surface area contributed by atoms with Crippen molar-refractivity contribution in [2.45, 2.75) is 31.4 Å². The first-order chi connectivity index (χ1) is 11.1. The number of halogens is 2. The molecule has 23 heavy (non-hydrogen) atoms. The number of rotatable bonds is 8. The summed E-state index contributed by atoms with van der Waals surface area (Å²) in [7, 11) is 0. The van der Waals surface area contributed by atoms with E-state index in [1.807, 2.05) is 0 Å². The van der Waals surface area contributed by atoms with Gasteiger partial charge in [0.05, 0.1) is 5.75 Å². The molecule has 0 spiro atoms. The van der Waals surface area contributed by atoms with Crippen molar-refractivity contribution in [2.75, 3.05) is 31.9 Å². The van der Waals surface area contributed by atoms with Crippen molar-refractivity contribution >= 4 is 29.3 Å². The van der Waals surface area contributed by atoms with Crippen LogP contribution in [0.1, 0.15) is 31.2 Å². The van der Waals surface area contributed by atoms with Crippen molar-refractivity contribution < 1.29 is 9.18 Å². The highest BCUT2D eigenvalue weighted by molar-refractivity contribution is 7.99. The van der Waals surface area contributed by atoms with Crippen molar-refractivity contribution in [3.05, 3.63) is 34.6 Å². The number of likely N-dealkylation sites (tertiary alicyclic amines) is 1. The molecule has 0 bridgehead atoms. The Bertz CT molecular complexity index is 509. The van der Waals surface area contributed by atoms with Crippen LogP contribution in [-0.4, -0.2) is 42.7 Å². The number of nitrogens with zero attached hydrogens (tertiary/aromatic N) is 1. The largest absolute Gasteiger partial charge is 0.355 e. The fourth-order valence-corrected chi connectivity index (χ4v) is 3.66. The number of benzene rings is 1. The van der Waals surface area contributed by atoms with Crippen LogP contribution < -0.4 is 5.32 Å². The molecule has 0 atom stereocenters. The molecule has 0 radical (unpaired) electrons. The summed E-state index contributed by atoms with van der Waals surface area (Å²) >= 11 is 7.13. The molecule has 1 aromatic rings. The molecule has 1 heterocycles. The van der Waals surface area contributed by atoms with Gasteiger partial charge in [0, 0.05) is 17.3 Å². The fourth-order valence-electron chi connectivity index (χ4n) is 2.66. The van der Waals surface area contributed by atoms with Crippen molar-refractivity contribution in [3.63, 3.8) is 0 Å². The Hall–Kier alpha value is -0.780. The molecule has 0 saturated carbocycles. The van der Waals surface area contributed by atoms with Crippen LogP contribution in [-0.2, 0) is 10.5 Å². The van der Waals surface area contributed by atoms with E-state index in [4.69, 9.17) is 11.6 Å². The second-order valence-electron chi connectivity index (χ2n) is 5.83. The number of amides is 1. The summed E-state index contributed by atoms with van der Waals surface area (Å²) in [4.78, 5) is 14.2. The normalized spacial score (nSPS) is 15.6. The van der Waals surface area contributed by atoms with Crippen LogP contribution in [0.15, 0.2) is 18.2 Å². The molecular formula is C17H24ClFN2OS. The number of hydrogen-bond acceptors (Lipinski definition) is 3. The van der Waals surface area contributed by atoms with E-state index in [-0.39, 0.29) is 11.7 Å². The molecule has 1 amide bonds. The Kier molecular flexibility index (Phi) is 8.20. The molecule has 1 aliphatic rings. The maximum absolute atomic E-state index is 13.6. The molecule has 1 aromatic carbocycles. The summed E-state index contributed by atoms with van der Waals surface area (Å²) < 4.78 is 13.6. The lowest BCUT2D eigenvalue weighted by Crippen LogP contribution is -2.33. The molecule has 2 rings (SSSR count). The zero-order valence-corrected chi connectivity index (χ0v) is 14.9. The third-order valence-electron chi connectivity index (χ3n) is 3.93. The quantitative estimate of drug-likeness (QED) is 0.719. The Morgan fingerprint density at radius 2 is 2.09 bits per heavy atom. The highest BCUT2D eigenvalue weighted by atomic mass is 35.5. The Morgan fingerprint density at radius 1 is 1.30 bits per heavy atom. The van der Waals surface area contributed by atoms with E-state index < -0.39 is 0 Å². The average molecular weight is 359 g/mol. The van der Waals surface area contributed by atoms with E-state index in [1.54, 1.807) is 12.1 Å². The molecule has 1 aliphatic heterocycles. The van der Waals surface area contributed by atoms with Gasteiger partial charge in [-0.1, -0.05) is 24.1 Å². The molecule has 0 aliphatic carbocycles. The summed E-state index contributed by atoms with van der Waals surface area (Å²) in [5.74, 6) is 0.533. The molecule has 6 heteroatoms.